The SMILES string of the molecule is CC(C)c1cc2c3c(c1)C(C)c1cccc4c5ccccc5n(c14)-c1cccc(c1)B3c1cccc(c1)-n1c3ccccc3c3cccc(c31)C2C. The minimum atomic E-state index is 0.0428. The summed E-state index contributed by atoms with van der Waals surface area (Å²) in [6.07, 6.45) is 0. The van der Waals surface area contributed by atoms with Crippen LogP contribution in [0.5, 0.6) is 0 Å². The molecule has 11 rings (SSSR count). The molecule has 2 atom stereocenters. The van der Waals surface area contributed by atoms with E-state index in [0.717, 1.165) is 0 Å². The van der Waals surface area contributed by atoms with Gasteiger partial charge in [-0.3, -0.25) is 0 Å². The van der Waals surface area contributed by atoms with Crippen molar-refractivity contribution in [3.8, 4) is 11.4 Å². The van der Waals surface area contributed by atoms with Gasteiger partial charge in [-0.05, 0) is 70.1 Å². The van der Waals surface area contributed by atoms with Crippen LogP contribution in [-0.2, 0) is 0 Å². The number of hydrogen-bond acceptors (Lipinski definition) is 0. The largest absolute Gasteiger partial charge is 0.309 e. The predicted molar refractivity (Wildman–Crippen MR) is 222 cm³/mol. The summed E-state index contributed by atoms with van der Waals surface area (Å²) in [5.74, 6) is 0.707. The summed E-state index contributed by atoms with van der Waals surface area (Å²) in [5.41, 5.74) is 18.8. The number of benzene rings is 7. The molecule has 0 amide bonds. The van der Waals surface area contributed by atoms with Gasteiger partial charge in [-0.2, -0.15) is 0 Å². The summed E-state index contributed by atoms with van der Waals surface area (Å²) in [7, 11) is 0. The molecule has 2 aliphatic heterocycles. The second-order valence-electron chi connectivity index (χ2n) is 15.5. The molecule has 0 N–H and O–H groups in total. The van der Waals surface area contributed by atoms with Crippen LogP contribution in [0.25, 0.3) is 55.0 Å². The first-order valence-electron chi connectivity index (χ1n) is 18.9. The van der Waals surface area contributed by atoms with Crippen molar-refractivity contribution in [2.24, 2.45) is 0 Å². The Bertz CT molecular complexity index is 2750. The molecular formula is C49H39BN2. The summed E-state index contributed by atoms with van der Waals surface area (Å²) in [5, 5.41) is 5.25. The highest BCUT2D eigenvalue weighted by molar-refractivity contribution is 6.96. The summed E-state index contributed by atoms with van der Waals surface area (Å²) in [4.78, 5) is 0. The van der Waals surface area contributed by atoms with E-state index in [-0.39, 0.29) is 18.5 Å². The van der Waals surface area contributed by atoms with Crippen LogP contribution in [0.3, 0.4) is 0 Å². The zero-order valence-corrected chi connectivity index (χ0v) is 30.1. The van der Waals surface area contributed by atoms with Crippen LogP contribution in [0.15, 0.2) is 146 Å². The first-order valence-corrected chi connectivity index (χ1v) is 18.9. The van der Waals surface area contributed by atoms with Gasteiger partial charge in [0, 0.05) is 44.8 Å². The van der Waals surface area contributed by atoms with Gasteiger partial charge < -0.3 is 9.13 Å². The second-order valence-corrected chi connectivity index (χ2v) is 15.5. The predicted octanol–water partition coefficient (Wildman–Crippen LogP) is 10.5. The van der Waals surface area contributed by atoms with Gasteiger partial charge >= 0.3 is 0 Å². The van der Waals surface area contributed by atoms with E-state index >= 15 is 0 Å². The average Bonchev–Trinajstić information content (AvgIpc) is 3.70. The fraction of sp³-hybridized carbons (Fsp3) is 0.143. The summed E-state index contributed by atoms with van der Waals surface area (Å²) < 4.78 is 5.08. The Morgan fingerprint density at radius 1 is 0.462 bits per heavy atom. The second kappa shape index (κ2) is 10.9. The van der Waals surface area contributed by atoms with E-state index in [1.165, 1.54) is 99.2 Å². The summed E-state index contributed by atoms with van der Waals surface area (Å²) in [6.45, 7) is 9.67. The smallest absolute Gasteiger partial charge is 0.242 e. The molecule has 52 heavy (non-hydrogen) atoms. The Hall–Kier alpha value is -5.80. The molecule has 0 saturated carbocycles. The molecule has 3 heteroatoms. The third-order valence-electron chi connectivity index (χ3n) is 12.5. The first kappa shape index (κ1) is 29.9. The molecule has 0 aliphatic carbocycles. The Labute approximate surface area is 305 Å². The number of rotatable bonds is 1. The normalized spacial score (nSPS) is 16.2. The summed E-state index contributed by atoms with van der Waals surface area (Å²) in [6, 6.07) is 55.9. The number of nitrogens with zero attached hydrogens (tertiary/aromatic N) is 2. The Kier molecular flexibility index (Phi) is 6.24. The maximum atomic E-state index is 2.57. The molecule has 2 nitrogen and oxygen atoms in total. The fourth-order valence-electron chi connectivity index (χ4n) is 9.98. The van der Waals surface area contributed by atoms with E-state index in [9.17, 15) is 0 Å². The lowest BCUT2D eigenvalue weighted by Gasteiger charge is -2.32. The van der Waals surface area contributed by atoms with Gasteiger partial charge in [-0.15, -0.1) is 0 Å². The number of hydrogen-bond donors (Lipinski definition) is 0. The highest BCUT2D eigenvalue weighted by Crippen LogP contribution is 2.42. The molecule has 0 spiro atoms. The Morgan fingerprint density at radius 2 is 0.904 bits per heavy atom. The molecule has 248 valence electrons. The molecule has 0 saturated heterocycles. The zero-order chi connectivity index (χ0) is 34.8. The molecule has 4 heterocycles. The van der Waals surface area contributed by atoms with E-state index in [4.69, 9.17) is 0 Å². The van der Waals surface area contributed by atoms with Gasteiger partial charge in [-0.1, -0.05) is 153 Å². The van der Waals surface area contributed by atoms with Crippen molar-refractivity contribution in [3.05, 3.63) is 173 Å². The lowest BCUT2D eigenvalue weighted by atomic mass is 9.34. The molecular weight excluding hydrogens is 627 g/mol. The van der Waals surface area contributed by atoms with Crippen molar-refractivity contribution >= 4 is 66.7 Å². The van der Waals surface area contributed by atoms with Gasteiger partial charge in [0.05, 0.1) is 22.1 Å². The first-order chi connectivity index (χ1) is 25.5. The maximum Gasteiger partial charge on any atom is 0.242 e. The third kappa shape index (κ3) is 3.97. The Morgan fingerprint density at radius 3 is 1.38 bits per heavy atom. The molecule has 2 unspecified atom stereocenters. The van der Waals surface area contributed by atoms with E-state index in [1.54, 1.807) is 0 Å². The number of aromatic nitrogens is 2. The van der Waals surface area contributed by atoms with Gasteiger partial charge in [0.25, 0.3) is 0 Å². The van der Waals surface area contributed by atoms with Crippen LogP contribution in [0.2, 0.25) is 0 Å². The highest BCUT2D eigenvalue weighted by atomic mass is 15.0. The lowest BCUT2D eigenvalue weighted by molar-refractivity contribution is 0.838. The average molecular weight is 667 g/mol. The Balaban J connectivity index is 1.35. The van der Waals surface area contributed by atoms with Crippen LogP contribution in [0.1, 0.15) is 73.3 Å². The van der Waals surface area contributed by atoms with Crippen LogP contribution in [-0.4, -0.2) is 15.8 Å². The quantitative estimate of drug-likeness (QED) is 0.154. The van der Waals surface area contributed by atoms with Crippen LogP contribution in [0.4, 0.5) is 0 Å². The molecule has 9 aromatic rings. The maximum absolute atomic E-state index is 2.57. The van der Waals surface area contributed by atoms with Gasteiger partial charge in [0.1, 0.15) is 0 Å². The van der Waals surface area contributed by atoms with E-state index in [0.29, 0.717) is 5.92 Å². The van der Waals surface area contributed by atoms with Gasteiger partial charge in [0.15, 0.2) is 0 Å². The zero-order valence-electron chi connectivity index (χ0n) is 30.1. The molecule has 2 aliphatic rings. The third-order valence-corrected chi connectivity index (χ3v) is 12.5. The minimum absolute atomic E-state index is 0.0428. The fourth-order valence-corrected chi connectivity index (χ4v) is 9.98. The van der Waals surface area contributed by atoms with Crippen LogP contribution >= 0.6 is 0 Å². The minimum Gasteiger partial charge on any atom is -0.309 e. The topological polar surface area (TPSA) is 9.86 Å². The number of para-hydroxylation sites is 4. The summed E-state index contributed by atoms with van der Waals surface area (Å²) >= 11 is 0. The molecule has 2 aromatic heterocycles. The number of fused-ring (bicyclic) bond motifs is 14. The van der Waals surface area contributed by atoms with Crippen molar-refractivity contribution in [3.63, 3.8) is 0 Å². The molecule has 7 aromatic carbocycles. The van der Waals surface area contributed by atoms with Gasteiger partial charge in [-0.25, -0.2) is 0 Å². The monoisotopic (exact) mass is 666 g/mol. The van der Waals surface area contributed by atoms with E-state index < -0.39 is 0 Å². The van der Waals surface area contributed by atoms with Crippen molar-refractivity contribution in [1.29, 1.82) is 0 Å². The lowest BCUT2D eigenvalue weighted by Crippen LogP contribution is -2.55. The van der Waals surface area contributed by atoms with Crippen molar-refractivity contribution < 1.29 is 0 Å². The van der Waals surface area contributed by atoms with E-state index in [2.05, 4.69) is 182 Å². The molecule has 4 bridgehead atoms. The van der Waals surface area contributed by atoms with Crippen LogP contribution < -0.4 is 16.4 Å². The molecule has 0 radical (unpaired) electrons. The van der Waals surface area contributed by atoms with E-state index in [1.807, 2.05) is 0 Å². The van der Waals surface area contributed by atoms with Crippen LogP contribution in [0, 0.1) is 0 Å². The van der Waals surface area contributed by atoms with Crippen molar-refractivity contribution in [1.82, 2.24) is 9.13 Å². The van der Waals surface area contributed by atoms with Crippen molar-refractivity contribution in [2.45, 2.75) is 45.4 Å². The molecule has 0 fully saturated rings. The highest BCUT2D eigenvalue weighted by Gasteiger charge is 2.35. The van der Waals surface area contributed by atoms with Gasteiger partial charge in [0.2, 0.25) is 6.71 Å². The standard InChI is InChI=1S/C49H39BN2/c1-29(2)32-25-43-30(3)37-19-11-21-41-39-17-5-7-23-45(39)51(48(37)41)35-15-9-13-33(27-35)50-34-14-10-16-36(28-34)52-46-24-8-6-18-40(46)42-22-12-20-38(49(42)52)31(4)44(26-32)47(43)50/h5-31H,1-4H3. The van der Waals surface area contributed by atoms with Crippen molar-refractivity contribution in [2.75, 3.05) is 0 Å².